The highest BCUT2D eigenvalue weighted by Crippen LogP contribution is 2.38. The molecule has 1 aliphatic heterocycles. The molecule has 0 unspecified atom stereocenters. The number of halogens is 1. The van der Waals surface area contributed by atoms with Gasteiger partial charge in [-0.3, -0.25) is 4.79 Å². The fraction of sp³-hybridized carbons (Fsp3) is 0.381. The van der Waals surface area contributed by atoms with E-state index in [0.717, 1.165) is 16.7 Å². The van der Waals surface area contributed by atoms with Crippen molar-refractivity contribution in [1.82, 2.24) is 9.80 Å². The van der Waals surface area contributed by atoms with Crippen LogP contribution in [-0.4, -0.2) is 54.6 Å². The lowest BCUT2D eigenvalue weighted by Gasteiger charge is -2.25. The summed E-state index contributed by atoms with van der Waals surface area (Å²) >= 11 is 6.10. The van der Waals surface area contributed by atoms with E-state index in [1.165, 1.54) is 0 Å². The Bertz CT molecular complexity index is 838. The standard InChI is InChI=1S/C21H25ClN2O3/c1-14(12-23(2)3)21(26)24-7-8-27-20-17(13-24)9-16(11-19(20)25)15-5-4-6-18(22)10-15/h4-6,9-11,14,25H,7-8,12-13H2,1-3H3/t14-/m0/s1. The normalized spacial score (nSPS) is 15.1. The molecule has 3 rings (SSSR count). The van der Waals surface area contributed by atoms with E-state index in [-0.39, 0.29) is 17.6 Å². The zero-order valence-electron chi connectivity index (χ0n) is 15.9. The van der Waals surface area contributed by atoms with Crippen LogP contribution in [0.5, 0.6) is 11.5 Å². The van der Waals surface area contributed by atoms with Crippen molar-refractivity contribution < 1.29 is 14.6 Å². The minimum atomic E-state index is -0.105. The van der Waals surface area contributed by atoms with Gasteiger partial charge in [0.1, 0.15) is 6.61 Å². The van der Waals surface area contributed by atoms with Gasteiger partial charge < -0.3 is 19.6 Å². The lowest BCUT2D eigenvalue weighted by molar-refractivity contribution is -0.136. The summed E-state index contributed by atoms with van der Waals surface area (Å²) in [5.41, 5.74) is 2.55. The number of carbonyl (C=O) groups excluding carboxylic acids is 1. The van der Waals surface area contributed by atoms with E-state index in [0.29, 0.717) is 37.0 Å². The Kier molecular flexibility index (Phi) is 5.92. The van der Waals surface area contributed by atoms with Crippen LogP contribution in [0.1, 0.15) is 12.5 Å². The molecule has 5 nitrogen and oxygen atoms in total. The number of hydrogen-bond donors (Lipinski definition) is 1. The lowest BCUT2D eigenvalue weighted by atomic mass is 10.0. The molecule has 0 aromatic heterocycles. The highest BCUT2D eigenvalue weighted by molar-refractivity contribution is 6.30. The molecule has 1 heterocycles. The molecule has 1 N–H and O–H groups in total. The second-order valence-electron chi connectivity index (χ2n) is 7.27. The molecule has 2 aromatic rings. The molecule has 0 bridgehead atoms. The average molecular weight is 389 g/mol. The molecule has 1 atom stereocenters. The maximum atomic E-state index is 12.8. The van der Waals surface area contributed by atoms with Crippen LogP contribution in [-0.2, 0) is 11.3 Å². The molecule has 1 aliphatic rings. The smallest absolute Gasteiger partial charge is 0.227 e. The molecule has 2 aromatic carbocycles. The number of amides is 1. The minimum absolute atomic E-state index is 0.0816. The predicted molar refractivity (Wildman–Crippen MR) is 107 cm³/mol. The maximum absolute atomic E-state index is 12.8. The monoisotopic (exact) mass is 388 g/mol. The Labute approximate surface area is 165 Å². The van der Waals surface area contributed by atoms with Gasteiger partial charge in [0, 0.05) is 29.6 Å². The summed E-state index contributed by atoms with van der Waals surface area (Å²) in [6, 6.07) is 11.1. The lowest BCUT2D eigenvalue weighted by Crippen LogP contribution is -2.39. The Morgan fingerprint density at radius 1 is 1.30 bits per heavy atom. The Balaban J connectivity index is 1.91. The largest absolute Gasteiger partial charge is 0.504 e. The van der Waals surface area contributed by atoms with Crippen molar-refractivity contribution in [1.29, 1.82) is 0 Å². The minimum Gasteiger partial charge on any atom is -0.504 e. The summed E-state index contributed by atoms with van der Waals surface area (Å²) in [5.74, 6) is 0.522. The fourth-order valence-corrected chi connectivity index (χ4v) is 3.65. The number of ether oxygens (including phenoxy) is 1. The molecule has 0 saturated carbocycles. The van der Waals surface area contributed by atoms with Crippen molar-refractivity contribution in [2.75, 3.05) is 33.8 Å². The van der Waals surface area contributed by atoms with Gasteiger partial charge in [-0.15, -0.1) is 0 Å². The quantitative estimate of drug-likeness (QED) is 0.868. The molecule has 1 amide bonds. The van der Waals surface area contributed by atoms with Gasteiger partial charge in [-0.25, -0.2) is 0 Å². The van der Waals surface area contributed by atoms with Gasteiger partial charge in [-0.05, 0) is 49.5 Å². The van der Waals surface area contributed by atoms with Crippen LogP contribution in [0.15, 0.2) is 36.4 Å². The second kappa shape index (κ2) is 8.19. The van der Waals surface area contributed by atoms with Gasteiger partial charge in [0.2, 0.25) is 5.91 Å². The van der Waals surface area contributed by atoms with Crippen LogP contribution < -0.4 is 4.74 Å². The zero-order chi connectivity index (χ0) is 19.6. The third kappa shape index (κ3) is 4.54. The number of aromatic hydroxyl groups is 1. The van der Waals surface area contributed by atoms with Crippen LogP contribution in [0.2, 0.25) is 5.02 Å². The van der Waals surface area contributed by atoms with E-state index in [9.17, 15) is 9.90 Å². The van der Waals surface area contributed by atoms with Gasteiger partial charge in [0.25, 0.3) is 0 Å². The first-order valence-corrected chi connectivity index (χ1v) is 9.41. The molecule has 0 saturated heterocycles. The number of fused-ring (bicyclic) bond motifs is 1. The Morgan fingerprint density at radius 2 is 2.07 bits per heavy atom. The fourth-order valence-electron chi connectivity index (χ4n) is 3.46. The molecule has 27 heavy (non-hydrogen) atoms. The highest BCUT2D eigenvalue weighted by atomic mass is 35.5. The van der Waals surface area contributed by atoms with Crippen LogP contribution in [0.3, 0.4) is 0 Å². The first-order valence-electron chi connectivity index (χ1n) is 9.03. The van der Waals surface area contributed by atoms with Crippen LogP contribution in [0.4, 0.5) is 0 Å². The van der Waals surface area contributed by atoms with E-state index < -0.39 is 0 Å². The van der Waals surface area contributed by atoms with Gasteiger partial charge >= 0.3 is 0 Å². The second-order valence-corrected chi connectivity index (χ2v) is 7.70. The van der Waals surface area contributed by atoms with Crippen LogP contribution >= 0.6 is 11.6 Å². The first kappa shape index (κ1) is 19.5. The Morgan fingerprint density at radius 3 is 2.78 bits per heavy atom. The van der Waals surface area contributed by atoms with Gasteiger partial charge in [0.05, 0.1) is 6.54 Å². The molecular weight excluding hydrogens is 364 g/mol. The van der Waals surface area contributed by atoms with E-state index in [2.05, 4.69) is 0 Å². The molecule has 0 spiro atoms. The molecule has 144 valence electrons. The van der Waals surface area contributed by atoms with Crippen molar-refractivity contribution in [3.8, 4) is 22.6 Å². The van der Waals surface area contributed by atoms with Crippen molar-refractivity contribution in [2.45, 2.75) is 13.5 Å². The molecule has 6 heteroatoms. The van der Waals surface area contributed by atoms with Crippen molar-refractivity contribution >= 4 is 17.5 Å². The number of hydrogen-bond acceptors (Lipinski definition) is 4. The first-order chi connectivity index (χ1) is 12.8. The van der Waals surface area contributed by atoms with E-state index >= 15 is 0 Å². The summed E-state index contributed by atoms with van der Waals surface area (Å²) in [6.07, 6.45) is 0. The van der Waals surface area contributed by atoms with Crippen molar-refractivity contribution in [2.24, 2.45) is 5.92 Å². The number of carbonyl (C=O) groups is 1. The van der Waals surface area contributed by atoms with Crippen molar-refractivity contribution in [3.05, 3.63) is 47.0 Å². The number of nitrogens with zero attached hydrogens (tertiary/aromatic N) is 2. The molecule has 0 radical (unpaired) electrons. The summed E-state index contributed by atoms with van der Waals surface area (Å²) < 4.78 is 5.75. The van der Waals surface area contributed by atoms with E-state index in [1.807, 2.05) is 56.3 Å². The van der Waals surface area contributed by atoms with Gasteiger partial charge in [-0.1, -0.05) is 30.7 Å². The van der Waals surface area contributed by atoms with Gasteiger partial charge in [0.15, 0.2) is 11.5 Å². The summed E-state index contributed by atoms with van der Waals surface area (Å²) in [5, 5.41) is 11.1. The SMILES string of the molecule is C[C@@H](CN(C)C)C(=O)N1CCOc2c(O)cc(-c3cccc(Cl)c3)cc2C1. The topological polar surface area (TPSA) is 53.0 Å². The highest BCUT2D eigenvalue weighted by Gasteiger charge is 2.26. The van der Waals surface area contributed by atoms with Gasteiger partial charge in [-0.2, -0.15) is 0 Å². The number of phenols is 1. The summed E-state index contributed by atoms with van der Waals surface area (Å²) in [7, 11) is 3.92. The third-order valence-electron chi connectivity index (χ3n) is 4.65. The van der Waals surface area contributed by atoms with Crippen LogP contribution in [0, 0.1) is 5.92 Å². The number of rotatable bonds is 4. The Hall–Kier alpha value is -2.24. The molecule has 0 aliphatic carbocycles. The molecular formula is C21H25ClN2O3. The zero-order valence-corrected chi connectivity index (χ0v) is 16.7. The number of phenolic OH excluding ortho intramolecular Hbond substituents is 1. The summed E-state index contributed by atoms with van der Waals surface area (Å²) in [4.78, 5) is 16.7. The van der Waals surface area contributed by atoms with Crippen LogP contribution in [0.25, 0.3) is 11.1 Å². The predicted octanol–water partition coefficient (Wildman–Crippen LogP) is 3.63. The molecule has 0 fully saturated rings. The average Bonchev–Trinajstić information content (AvgIpc) is 2.83. The summed E-state index contributed by atoms with van der Waals surface area (Å²) in [6.45, 7) is 3.90. The van der Waals surface area contributed by atoms with Crippen molar-refractivity contribution in [3.63, 3.8) is 0 Å². The number of benzene rings is 2. The van der Waals surface area contributed by atoms with E-state index in [1.54, 1.807) is 11.0 Å². The van der Waals surface area contributed by atoms with E-state index in [4.69, 9.17) is 16.3 Å². The third-order valence-corrected chi connectivity index (χ3v) is 4.88. The maximum Gasteiger partial charge on any atom is 0.227 e.